The number of halogens is 5. The predicted octanol–water partition coefficient (Wildman–Crippen LogP) is 5.85. The number of rotatable bonds is 8. The van der Waals surface area contributed by atoms with Crippen LogP contribution in [0.5, 0.6) is 0 Å². The summed E-state index contributed by atoms with van der Waals surface area (Å²) in [7, 11) is 0. The van der Waals surface area contributed by atoms with Crippen LogP contribution in [0.25, 0.3) is 0 Å². The van der Waals surface area contributed by atoms with E-state index in [0.29, 0.717) is 12.8 Å². The Morgan fingerprint density at radius 2 is 1.68 bits per heavy atom. The number of hydrogen-bond donors (Lipinski definition) is 1. The van der Waals surface area contributed by atoms with Gasteiger partial charge in [-0.3, -0.25) is 24.0 Å². The van der Waals surface area contributed by atoms with Crippen LogP contribution in [0.4, 0.5) is 13.2 Å². The molecule has 0 radical (unpaired) electrons. The minimum atomic E-state index is -4.94. The normalized spacial score (nSPS) is 27.7. The van der Waals surface area contributed by atoms with E-state index < -0.39 is 59.2 Å². The SMILES string of the molecule is CC12CCC(CN(CC(=O)c3c(Cl)cncc3Cl)C(=O)c3cnn([C@H]4CC[C@H](C(=O)O)CC4)c3C(F)(F)F)(CC1)O2. The fraction of sp³-hybridized carbons (Fsp3) is 0.593. The monoisotopic (exact) mass is 616 g/mol. The third kappa shape index (κ3) is 5.83. The van der Waals surface area contributed by atoms with Gasteiger partial charge in [-0.1, -0.05) is 23.2 Å². The molecular formula is C27H29Cl2F3N4O5. The van der Waals surface area contributed by atoms with Gasteiger partial charge in [-0.25, -0.2) is 0 Å². The van der Waals surface area contributed by atoms with Crippen molar-refractivity contribution in [2.45, 2.75) is 81.7 Å². The lowest BCUT2D eigenvalue weighted by Gasteiger charge is -2.33. The van der Waals surface area contributed by atoms with Crippen molar-refractivity contribution in [2.75, 3.05) is 13.1 Å². The molecule has 14 heteroatoms. The fourth-order valence-corrected chi connectivity index (χ4v) is 7.02. The van der Waals surface area contributed by atoms with E-state index in [-0.39, 0.29) is 53.4 Å². The quantitative estimate of drug-likeness (QED) is 0.370. The highest BCUT2D eigenvalue weighted by Crippen LogP contribution is 2.51. The van der Waals surface area contributed by atoms with Crippen molar-refractivity contribution in [3.05, 3.63) is 45.5 Å². The summed E-state index contributed by atoms with van der Waals surface area (Å²) in [6.45, 7) is 1.27. The zero-order chi connectivity index (χ0) is 29.7. The van der Waals surface area contributed by atoms with E-state index in [2.05, 4.69) is 10.1 Å². The largest absolute Gasteiger partial charge is 0.481 e. The number of ketones is 1. The highest BCUT2D eigenvalue weighted by atomic mass is 35.5. The second-order valence-electron chi connectivity index (χ2n) is 11.5. The molecule has 9 nitrogen and oxygen atoms in total. The van der Waals surface area contributed by atoms with Crippen LogP contribution in [0.15, 0.2) is 18.6 Å². The van der Waals surface area contributed by atoms with Crippen molar-refractivity contribution in [3.63, 3.8) is 0 Å². The van der Waals surface area contributed by atoms with Crippen molar-refractivity contribution >= 4 is 40.9 Å². The molecule has 0 unspecified atom stereocenters. The molecule has 5 rings (SSSR count). The lowest BCUT2D eigenvalue weighted by atomic mass is 9.82. The number of aromatic nitrogens is 3. The Morgan fingerprint density at radius 3 is 2.20 bits per heavy atom. The number of carboxylic acids is 1. The molecule has 222 valence electrons. The van der Waals surface area contributed by atoms with E-state index in [1.807, 2.05) is 6.92 Å². The number of pyridine rings is 1. The Bertz CT molecular complexity index is 1340. The van der Waals surface area contributed by atoms with Crippen molar-refractivity contribution in [3.8, 4) is 0 Å². The van der Waals surface area contributed by atoms with Crippen LogP contribution in [-0.2, 0) is 15.7 Å². The molecule has 2 bridgehead atoms. The smallest absolute Gasteiger partial charge is 0.433 e. The van der Waals surface area contributed by atoms with E-state index in [0.717, 1.165) is 28.6 Å². The highest BCUT2D eigenvalue weighted by Gasteiger charge is 2.54. The highest BCUT2D eigenvalue weighted by molar-refractivity contribution is 6.39. The molecule has 1 saturated carbocycles. The molecule has 2 aromatic heterocycles. The molecule has 1 amide bonds. The van der Waals surface area contributed by atoms with Crippen LogP contribution in [0.1, 0.15) is 90.7 Å². The average Bonchev–Trinajstić information content (AvgIpc) is 3.58. The Morgan fingerprint density at radius 1 is 1.07 bits per heavy atom. The van der Waals surface area contributed by atoms with Gasteiger partial charge in [0.25, 0.3) is 5.91 Å². The number of carbonyl (C=O) groups is 3. The first-order chi connectivity index (χ1) is 19.2. The number of Topliss-reactive ketones (excluding diaryl/α,β-unsaturated/α-hetero) is 1. The maximum atomic E-state index is 14.5. The van der Waals surface area contributed by atoms with Gasteiger partial charge in [-0.05, 0) is 58.3 Å². The van der Waals surface area contributed by atoms with Gasteiger partial charge in [0, 0.05) is 12.4 Å². The molecule has 1 N–H and O–H groups in total. The van der Waals surface area contributed by atoms with Gasteiger partial charge in [0.2, 0.25) is 0 Å². The van der Waals surface area contributed by atoms with Crippen molar-refractivity contribution in [2.24, 2.45) is 5.92 Å². The number of carboxylic acid groups (broad SMARTS) is 1. The van der Waals surface area contributed by atoms with Gasteiger partial charge < -0.3 is 14.7 Å². The van der Waals surface area contributed by atoms with Crippen molar-refractivity contribution < 1.29 is 37.4 Å². The van der Waals surface area contributed by atoms with Crippen LogP contribution in [-0.4, -0.2) is 66.7 Å². The summed E-state index contributed by atoms with van der Waals surface area (Å²) in [5.74, 6) is -3.29. The fourth-order valence-electron chi connectivity index (χ4n) is 6.44. The number of hydrogen-bond acceptors (Lipinski definition) is 6. The second-order valence-corrected chi connectivity index (χ2v) is 12.3. The molecule has 41 heavy (non-hydrogen) atoms. The third-order valence-corrected chi connectivity index (χ3v) is 9.17. The summed E-state index contributed by atoms with van der Waals surface area (Å²) in [4.78, 5) is 43.5. The second kappa shape index (κ2) is 10.9. The molecule has 0 aromatic carbocycles. The van der Waals surface area contributed by atoms with Crippen LogP contribution in [0.3, 0.4) is 0 Å². The molecule has 0 atom stereocenters. The summed E-state index contributed by atoms with van der Waals surface area (Å²) in [6.07, 6.45) is 1.78. The Hall–Kier alpha value is -2.70. The standard InChI is InChI=1S/C27H29Cl2F3N4O5/c1-25-6-8-26(41-25,9-7-25)14-35(13-20(37)21-18(28)11-33-12-19(21)29)23(38)17-10-34-36(22(17)27(30,31)32)16-4-2-15(3-5-16)24(39)40/h10-12,15-16H,2-9,13-14H2,1H3,(H,39,40)/t15-,16-,25?,26?. The van der Waals surface area contributed by atoms with Crippen LogP contribution < -0.4 is 0 Å². The first kappa shape index (κ1) is 29.8. The lowest BCUT2D eigenvalue weighted by Crippen LogP contribution is -2.47. The van der Waals surface area contributed by atoms with Gasteiger partial charge in [0.15, 0.2) is 11.5 Å². The topological polar surface area (TPSA) is 115 Å². The Labute approximate surface area is 243 Å². The third-order valence-electron chi connectivity index (χ3n) is 8.60. The van der Waals surface area contributed by atoms with Crippen molar-refractivity contribution in [1.82, 2.24) is 19.7 Å². The summed E-state index contributed by atoms with van der Waals surface area (Å²) >= 11 is 12.3. The van der Waals surface area contributed by atoms with Crippen LogP contribution >= 0.6 is 23.2 Å². The van der Waals surface area contributed by atoms with E-state index >= 15 is 0 Å². The molecule has 1 aliphatic carbocycles. The van der Waals surface area contributed by atoms with E-state index in [1.54, 1.807) is 0 Å². The van der Waals surface area contributed by atoms with E-state index in [4.69, 9.17) is 27.9 Å². The average molecular weight is 617 g/mol. The van der Waals surface area contributed by atoms with Gasteiger partial charge in [0.1, 0.15) is 0 Å². The molecule has 2 saturated heterocycles. The lowest BCUT2D eigenvalue weighted by molar-refractivity contribution is -0.147. The minimum Gasteiger partial charge on any atom is -0.481 e. The minimum absolute atomic E-state index is 0.0422. The van der Waals surface area contributed by atoms with E-state index in [9.17, 15) is 32.7 Å². The number of ether oxygens (including phenoxy) is 1. The van der Waals surface area contributed by atoms with E-state index in [1.165, 1.54) is 12.4 Å². The van der Waals surface area contributed by atoms with Gasteiger partial charge >= 0.3 is 12.1 Å². The molecule has 0 spiro atoms. The first-order valence-electron chi connectivity index (χ1n) is 13.4. The molecule has 3 aliphatic rings. The predicted molar refractivity (Wildman–Crippen MR) is 141 cm³/mol. The van der Waals surface area contributed by atoms with Gasteiger partial charge in [-0.2, -0.15) is 18.3 Å². The zero-order valence-corrected chi connectivity index (χ0v) is 23.7. The summed E-state index contributed by atoms with van der Waals surface area (Å²) in [6, 6.07) is -0.722. The van der Waals surface area contributed by atoms with Crippen LogP contribution in [0.2, 0.25) is 10.0 Å². The van der Waals surface area contributed by atoms with Crippen molar-refractivity contribution in [1.29, 1.82) is 0 Å². The summed E-state index contributed by atoms with van der Waals surface area (Å²) in [5.41, 5.74) is -3.16. The number of alkyl halides is 3. The van der Waals surface area contributed by atoms with Crippen LogP contribution in [0, 0.1) is 5.92 Å². The number of aliphatic carboxylic acids is 1. The summed E-state index contributed by atoms with van der Waals surface area (Å²) < 4.78 is 50.6. The molecule has 2 aromatic rings. The Balaban J connectivity index is 1.49. The zero-order valence-electron chi connectivity index (χ0n) is 22.2. The molecule has 3 fully saturated rings. The molecule has 2 aliphatic heterocycles. The maximum absolute atomic E-state index is 14.5. The van der Waals surface area contributed by atoms with Gasteiger partial charge in [0.05, 0.1) is 63.6 Å². The number of carbonyl (C=O) groups excluding carboxylic acids is 2. The number of amides is 1. The molecule has 4 heterocycles. The first-order valence-corrected chi connectivity index (χ1v) is 14.2. The number of nitrogens with zero attached hydrogens (tertiary/aromatic N) is 4. The number of fused-ring (bicyclic) bond motifs is 2. The molecular weight excluding hydrogens is 588 g/mol. The van der Waals surface area contributed by atoms with Gasteiger partial charge in [-0.15, -0.1) is 0 Å². The maximum Gasteiger partial charge on any atom is 0.433 e. The summed E-state index contributed by atoms with van der Waals surface area (Å²) in [5, 5.41) is 13.2. The Kier molecular flexibility index (Phi) is 7.88.